The van der Waals surface area contributed by atoms with Gasteiger partial charge in [0.15, 0.2) is 0 Å². The third-order valence-corrected chi connectivity index (χ3v) is 4.91. The van der Waals surface area contributed by atoms with Gasteiger partial charge in [-0.05, 0) is 38.8 Å². The van der Waals surface area contributed by atoms with E-state index >= 15 is 0 Å². The molecule has 2 fully saturated rings. The van der Waals surface area contributed by atoms with E-state index in [0.29, 0.717) is 5.15 Å². The highest BCUT2D eigenvalue weighted by atomic mass is 35.5. The Morgan fingerprint density at radius 2 is 2.15 bits per heavy atom. The summed E-state index contributed by atoms with van der Waals surface area (Å²) in [6, 6.07) is 2.66. The topological polar surface area (TPSA) is 32.3 Å². The minimum Gasteiger partial charge on any atom is -0.356 e. The predicted octanol–water partition coefficient (Wildman–Crippen LogP) is 2.61. The van der Waals surface area contributed by atoms with Gasteiger partial charge >= 0.3 is 0 Å². The maximum atomic E-state index is 6.12. The average molecular weight is 295 g/mol. The van der Waals surface area contributed by atoms with Crippen molar-refractivity contribution in [2.45, 2.75) is 38.6 Å². The Balaban J connectivity index is 1.77. The fourth-order valence-corrected chi connectivity index (χ4v) is 3.83. The second kappa shape index (κ2) is 5.86. The Labute approximate surface area is 126 Å². The van der Waals surface area contributed by atoms with Gasteiger partial charge in [-0.25, -0.2) is 9.97 Å². The maximum absolute atomic E-state index is 6.12. The monoisotopic (exact) mass is 294 g/mol. The van der Waals surface area contributed by atoms with Crippen LogP contribution in [-0.2, 0) is 6.42 Å². The Bertz CT molecular complexity index is 479. The first-order valence-electron chi connectivity index (χ1n) is 7.66. The number of piperidine rings is 2. The molecule has 0 amide bonds. The van der Waals surface area contributed by atoms with Crippen LogP contribution >= 0.6 is 11.6 Å². The summed E-state index contributed by atoms with van der Waals surface area (Å²) < 4.78 is 0. The van der Waals surface area contributed by atoms with Crippen LogP contribution in [0.4, 0.5) is 5.82 Å². The van der Waals surface area contributed by atoms with Crippen molar-refractivity contribution in [2.24, 2.45) is 5.92 Å². The lowest BCUT2D eigenvalue weighted by atomic mass is 9.84. The van der Waals surface area contributed by atoms with E-state index in [1.54, 1.807) is 0 Å². The Hall–Kier alpha value is -0.870. The van der Waals surface area contributed by atoms with Gasteiger partial charge in [-0.15, -0.1) is 0 Å². The first-order chi connectivity index (χ1) is 9.67. The second-order valence-corrected chi connectivity index (χ2v) is 6.39. The third-order valence-electron chi connectivity index (χ3n) is 4.71. The molecule has 2 aliphatic rings. The Kier molecular flexibility index (Phi) is 4.13. The van der Waals surface area contributed by atoms with Crippen molar-refractivity contribution >= 4 is 17.4 Å². The van der Waals surface area contributed by atoms with Crippen molar-refractivity contribution in [3.05, 3.63) is 17.0 Å². The van der Waals surface area contributed by atoms with E-state index in [4.69, 9.17) is 11.6 Å². The lowest BCUT2D eigenvalue weighted by Crippen LogP contribution is -2.52. The van der Waals surface area contributed by atoms with Crippen molar-refractivity contribution < 1.29 is 0 Å². The van der Waals surface area contributed by atoms with Crippen LogP contribution in [0, 0.1) is 5.92 Å². The second-order valence-electron chi connectivity index (χ2n) is 6.00. The highest BCUT2D eigenvalue weighted by molar-refractivity contribution is 6.29. The fraction of sp³-hybridized carbons (Fsp3) is 0.733. The van der Waals surface area contributed by atoms with Gasteiger partial charge in [0.25, 0.3) is 0 Å². The molecule has 2 atom stereocenters. The zero-order valence-electron chi connectivity index (χ0n) is 12.3. The molecule has 0 bridgehead atoms. The van der Waals surface area contributed by atoms with E-state index in [2.05, 4.69) is 33.7 Å². The quantitative estimate of drug-likeness (QED) is 0.785. The lowest BCUT2D eigenvalue weighted by molar-refractivity contribution is 0.102. The van der Waals surface area contributed by atoms with Gasteiger partial charge < -0.3 is 9.80 Å². The van der Waals surface area contributed by atoms with Crippen LogP contribution in [0.3, 0.4) is 0 Å². The van der Waals surface area contributed by atoms with Crippen LogP contribution in [0.25, 0.3) is 0 Å². The average Bonchev–Trinajstić information content (AvgIpc) is 2.46. The summed E-state index contributed by atoms with van der Waals surface area (Å²) in [7, 11) is 2.27. The van der Waals surface area contributed by atoms with Crippen LogP contribution in [0.1, 0.15) is 32.0 Å². The first kappa shape index (κ1) is 14.1. The molecule has 2 saturated heterocycles. The number of halogens is 1. The molecule has 2 aliphatic heterocycles. The van der Waals surface area contributed by atoms with E-state index in [9.17, 15) is 0 Å². The van der Waals surface area contributed by atoms with Crippen LogP contribution in [0.15, 0.2) is 6.07 Å². The van der Waals surface area contributed by atoms with Gasteiger partial charge in [-0.2, -0.15) is 0 Å². The summed E-state index contributed by atoms with van der Waals surface area (Å²) in [6.45, 7) is 5.49. The Morgan fingerprint density at radius 1 is 1.30 bits per heavy atom. The van der Waals surface area contributed by atoms with Crippen LogP contribution in [0.2, 0.25) is 5.15 Å². The van der Waals surface area contributed by atoms with Gasteiger partial charge in [-0.3, -0.25) is 0 Å². The van der Waals surface area contributed by atoms with E-state index in [1.807, 2.05) is 6.07 Å². The number of anilines is 1. The van der Waals surface area contributed by atoms with Crippen LogP contribution < -0.4 is 4.90 Å². The largest absolute Gasteiger partial charge is 0.356 e. The van der Waals surface area contributed by atoms with Crippen LogP contribution in [0.5, 0.6) is 0 Å². The Morgan fingerprint density at radius 3 is 2.95 bits per heavy atom. The van der Waals surface area contributed by atoms with Crippen molar-refractivity contribution in [1.82, 2.24) is 14.9 Å². The van der Waals surface area contributed by atoms with Crippen molar-refractivity contribution in [2.75, 3.05) is 31.6 Å². The molecule has 0 N–H and O–H groups in total. The summed E-state index contributed by atoms with van der Waals surface area (Å²) in [4.78, 5) is 13.8. The van der Waals surface area contributed by atoms with Crippen molar-refractivity contribution in [3.8, 4) is 0 Å². The first-order valence-corrected chi connectivity index (χ1v) is 8.04. The number of hydrogen-bond donors (Lipinski definition) is 0. The predicted molar refractivity (Wildman–Crippen MR) is 82.4 cm³/mol. The van der Waals surface area contributed by atoms with Gasteiger partial charge in [0.1, 0.15) is 16.8 Å². The minimum absolute atomic E-state index is 0.565. The highest BCUT2D eigenvalue weighted by Gasteiger charge is 2.34. The molecule has 0 radical (unpaired) electrons. The number of aryl methyl sites for hydroxylation is 1. The van der Waals surface area contributed by atoms with Crippen LogP contribution in [-0.4, -0.2) is 47.6 Å². The standard InChI is InChI=1S/C15H23ClN4/c1-3-14-17-13(16)9-15(18-14)20-8-6-12-11(10-20)5-4-7-19(12)2/h9,11-12H,3-8,10H2,1-2H3. The molecule has 0 aromatic carbocycles. The third kappa shape index (κ3) is 2.77. The zero-order valence-corrected chi connectivity index (χ0v) is 13.1. The van der Waals surface area contributed by atoms with Gasteiger partial charge in [-0.1, -0.05) is 18.5 Å². The van der Waals surface area contributed by atoms with Gasteiger partial charge in [0.05, 0.1) is 0 Å². The molecule has 0 saturated carbocycles. The molecular formula is C15H23ClN4. The lowest BCUT2D eigenvalue weighted by Gasteiger charge is -2.46. The van der Waals surface area contributed by atoms with Gasteiger partial charge in [0.2, 0.25) is 0 Å². The SMILES string of the molecule is CCc1nc(Cl)cc(N2CCC3C(CCCN3C)C2)n1. The molecule has 20 heavy (non-hydrogen) atoms. The molecule has 5 heteroatoms. The smallest absolute Gasteiger partial charge is 0.134 e. The molecule has 2 unspecified atom stereocenters. The fourth-order valence-electron chi connectivity index (χ4n) is 3.63. The number of aromatic nitrogens is 2. The van der Waals surface area contributed by atoms with Crippen molar-refractivity contribution in [1.29, 1.82) is 0 Å². The number of nitrogens with zero attached hydrogens (tertiary/aromatic N) is 4. The van der Waals surface area contributed by atoms with E-state index < -0.39 is 0 Å². The van der Waals surface area contributed by atoms with Gasteiger partial charge in [0, 0.05) is 31.6 Å². The summed E-state index contributed by atoms with van der Waals surface area (Å²) in [5, 5.41) is 0.565. The normalized spacial score (nSPS) is 27.4. The number of fused-ring (bicyclic) bond motifs is 1. The number of likely N-dealkylation sites (tertiary alicyclic amines) is 1. The summed E-state index contributed by atoms with van der Waals surface area (Å²) in [5.74, 6) is 2.62. The molecule has 1 aromatic heterocycles. The van der Waals surface area contributed by atoms with E-state index in [-0.39, 0.29) is 0 Å². The summed E-state index contributed by atoms with van der Waals surface area (Å²) in [6.07, 6.45) is 4.71. The zero-order chi connectivity index (χ0) is 14.1. The summed E-state index contributed by atoms with van der Waals surface area (Å²) >= 11 is 6.12. The molecule has 0 spiro atoms. The number of rotatable bonds is 2. The molecule has 3 heterocycles. The molecule has 1 aromatic rings. The maximum Gasteiger partial charge on any atom is 0.134 e. The molecule has 3 rings (SSSR count). The molecule has 0 aliphatic carbocycles. The summed E-state index contributed by atoms with van der Waals surface area (Å²) in [5.41, 5.74) is 0. The number of hydrogen-bond acceptors (Lipinski definition) is 4. The molecule has 110 valence electrons. The minimum atomic E-state index is 0.565. The molecule has 4 nitrogen and oxygen atoms in total. The highest BCUT2D eigenvalue weighted by Crippen LogP contribution is 2.31. The van der Waals surface area contributed by atoms with E-state index in [1.165, 1.54) is 25.8 Å². The molecular weight excluding hydrogens is 272 g/mol. The van der Waals surface area contributed by atoms with Crippen molar-refractivity contribution in [3.63, 3.8) is 0 Å². The van der Waals surface area contributed by atoms with E-state index in [0.717, 1.165) is 43.1 Å².